The minimum atomic E-state index is -0.139. The molecular weight excluding hydrogens is 224 g/mol. The first-order valence-electron chi connectivity index (χ1n) is 7.64. The second kappa shape index (κ2) is 9.32. The summed E-state index contributed by atoms with van der Waals surface area (Å²) in [5.74, 6) is 0.343. The fraction of sp³-hybridized carbons (Fsp3) is 0.812. The Hall–Kier alpha value is -0.630. The van der Waals surface area contributed by atoms with Gasteiger partial charge in [0.15, 0.2) is 5.78 Å². The maximum absolute atomic E-state index is 11.4. The van der Waals surface area contributed by atoms with Gasteiger partial charge in [-0.25, -0.2) is 0 Å². The molecule has 18 heavy (non-hydrogen) atoms. The van der Waals surface area contributed by atoms with E-state index >= 15 is 0 Å². The highest BCUT2D eigenvalue weighted by molar-refractivity contribution is 5.97. The van der Waals surface area contributed by atoms with Gasteiger partial charge in [0, 0.05) is 6.42 Å². The molecule has 1 atom stereocenters. The Morgan fingerprint density at radius 1 is 1.17 bits per heavy atom. The van der Waals surface area contributed by atoms with Gasteiger partial charge in [-0.15, -0.1) is 0 Å². The van der Waals surface area contributed by atoms with Crippen molar-refractivity contribution in [3.63, 3.8) is 0 Å². The molecule has 0 spiro atoms. The molecule has 0 aliphatic heterocycles. The number of aliphatic hydroxyl groups is 1. The monoisotopic (exact) mass is 252 g/mol. The van der Waals surface area contributed by atoms with Crippen LogP contribution >= 0.6 is 0 Å². The molecule has 0 aromatic heterocycles. The van der Waals surface area contributed by atoms with E-state index in [-0.39, 0.29) is 6.10 Å². The van der Waals surface area contributed by atoms with Crippen LogP contribution in [0.4, 0.5) is 0 Å². The van der Waals surface area contributed by atoms with Gasteiger partial charge in [0.25, 0.3) is 0 Å². The van der Waals surface area contributed by atoms with Crippen molar-refractivity contribution in [2.45, 2.75) is 83.7 Å². The lowest BCUT2D eigenvalue weighted by molar-refractivity contribution is -0.114. The van der Waals surface area contributed by atoms with Crippen LogP contribution < -0.4 is 0 Å². The number of ketones is 1. The Morgan fingerprint density at radius 2 is 1.94 bits per heavy atom. The van der Waals surface area contributed by atoms with Crippen molar-refractivity contribution >= 4 is 5.78 Å². The molecule has 1 aliphatic rings. The van der Waals surface area contributed by atoms with Gasteiger partial charge in [0.2, 0.25) is 0 Å². The molecule has 0 amide bonds. The van der Waals surface area contributed by atoms with Gasteiger partial charge in [-0.3, -0.25) is 4.79 Å². The standard InChI is InChI=1S/C16H28O2/c1-2-3-4-5-11-15(17)12-7-6-9-14-10-8-13-16(14)18/h9,15,17H,2-8,10-13H2,1H3/b14-9-. The fourth-order valence-corrected chi connectivity index (χ4v) is 2.54. The number of hydrogen-bond acceptors (Lipinski definition) is 2. The number of allylic oxidation sites excluding steroid dienone is 2. The van der Waals surface area contributed by atoms with Crippen LogP contribution in [0.15, 0.2) is 11.6 Å². The Morgan fingerprint density at radius 3 is 2.61 bits per heavy atom. The summed E-state index contributed by atoms with van der Waals surface area (Å²) >= 11 is 0. The zero-order valence-corrected chi connectivity index (χ0v) is 11.8. The molecular formula is C16H28O2. The minimum Gasteiger partial charge on any atom is -0.393 e. The Balaban J connectivity index is 2.01. The number of carbonyl (C=O) groups is 1. The van der Waals surface area contributed by atoms with Crippen molar-refractivity contribution in [1.82, 2.24) is 0 Å². The van der Waals surface area contributed by atoms with Crippen molar-refractivity contribution in [1.29, 1.82) is 0 Å². The van der Waals surface area contributed by atoms with Crippen LogP contribution in [0, 0.1) is 0 Å². The first-order chi connectivity index (χ1) is 8.74. The van der Waals surface area contributed by atoms with Gasteiger partial charge < -0.3 is 5.11 Å². The van der Waals surface area contributed by atoms with Crippen LogP contribution in [0.1, 0.15) is 77.6 Å². The van der Waals surface area contributed by atoms with Gasteiger partial charge in [-0.2, -0.15) is 0 Å². The summed E-state index contributed by atoms with van der Waals surface area (Å²) in [5.41, 5.74) is 1.03. The van der Waals surface area contributed by atoms with Crippen LogP contribution in [0.5, 0.6) is 0 Å². The first-order valence-corrected chi connectivity index (χ1v) is 7.64. The van der Waals surface area contributed by atoms with E-state index in [1.807, 2.05) is 0 Å². The highest BCUT2D eigenvalue weighted by atomic mass is 16.3. The van der Waals surface area contributed by atoms with Crippen LogP contribution in [0.25, 0.3) is 0 Å². The third-order valence-electron chi connectivity index (χ3n) is 3.73. The van der Waals surface area contributed by atoms with Gasteiger partial charge in [-0.05, 0) is 44.1 Å². The summed E-state index contributed by atoms with van der Waals surface area (Å²) < 4.78 is 0. The second-order valence-electron chi connectivity index (χ2n) is 5.44. The Kier molecular flexibility index (Phi) is 7.99. The molecule has 1 rings (SSSR count). The van der Waals surface area contributed by atoms with E-state index in [1.165, 1.54) is 19.3 Å². The van der Waals surface area contributed by atoms with Gasteiger partial charge in [0.1, 0.15) is 0 Å². The summed E-state index contributed by atoms with van der Waals surface area (Å²) in [6.45, 7) is 2.20. The average Bonchev–Trinajstić information content (AvgIpc) is 2.76. The maximum atomic E-state index is 11.4. The van der Waals surface area contributed by atoms with E-state index in [2.05, 4.69) is 13.0 Å². The summed E-state index contributed by atoms with van der Waals surface area (Å²) in [4.78, 5) is 11.4. The Labute approximate surface area is 111 Å². The topological polar surface area (TPSA) is 37.3 Å². The molecule has 0 bridgehead atoms. The number of Topliss-reactive ketones (excluding diaryl/α,β-unsaturated/α-hetero) is 1. The quantitative estimate of drug-likeness (QED) is 0.494. The highest BCUT2D eigenvalue weighted by Crippen LogP contribution is 2.21. The number of unbranched alkanes of at least 4 members (excludes halogenated alkanes) is 4. The molecule has 2 nitrogen and oxygen atoms in total. The van der Waals surface area contributed by atoms with E-state index in [9.17, 15) is 9.90 Å². The molecule has 104 valence electrons. The lowest BCUT2D eigenvalue weighted by Crippen LogP contribution is -2.05. The van der Waals surface area contributed by atoms with Crippen LogP contribution in [-0.2, 0) is 4.79 Å². The minimum absolute atomic E-state index is 0.139. The molecule has 1 unspecified atom stereocenters. The van der Waals surface area contributed by atoms with Crippen molar-refractivity contribution in [3.8, 4) is 0 Å². The van der Waals surface area contributed by atoms with E-state index in [1.54, 1.807) is 0 Å². The molecule has 0 saturated heterocycles. The smallest absolute Gasteiger partial charge is 0.158 e. The summed E-state index contributed by atoms with van der Waals surface area (Å²) in [5, 5.41) is 9.80. The van der Waals surface area contributed by atoms with Crippen molar-refractivity contribution in [3.05, 3.63) is 11.6 Å². The van der Waals surface area contributed by atoms with Gasteiger partial charge >= 0.3 is 0 Å². The van der Waals surface area contributed by atoms with E-state index in [0.29, 0.717) is 5.78 Å². The maximum Gasteiger partial charge on any atom is 0.158 e. The highest BCUT2D eigenvalue weighted by Gasteiger charge is 2.15. The second-order valence-corrected chi connectivity index (χ2v) is 5.44. The van der Waals surface area contributed by atoms with E-state index < -0.39 is 0 Å². The fourth-order valence-electron chi connectivity index (χ4n) is 2.54. The zero-order valence-electron chi connectivity index (χ0n) is 11.8. The van der Waals surface area contributed by atoms with Crippen molar-refractivity contribution < 1.29 is 9.90 Å². The third-order valence-corrected chi connectivity index (χ3v) is 3.73. The molecule has 0 aromatic rings. The lowest BCUT2D eigenvalue weighted by Gasteiger charge is -2.09. The first kappa shape index (κ1) is 15.4. The van der Waals surface area contributed by atoms with E-state index in [4.69, 9.17) is 0 Å². The predicted molar refractivity (Wildman–Crippen MR) is 75.6 cm³/mol. The van der Waals surface area contributed by atoms with Crippen LogP contribution in [-0.4, -0.2) is 17.0 Å². The van der Waals surface area contributed by atoms with Gasteiger partial charge in [-0.1, -0.05) is 38.7 Å². The van der Waals surface area contributed by atoms with E-state index in [0.717, 1.165) is 56.9 Å². The van der Waals surface area contributed by atoms with Crippen LogP contribution in [0.2, 0.25) is 0 Å². The third kappa shape index (κ3) is 6.34. The van der Waals surface area contributed by atoms with Crippen molar-refractivity contribution in [2.24, 2.45) is 0 Å². The number of aliphatic hydroxyl groups excluding tert-OH is 1. The average molecular weight is 252 g/mol. The molecule has 1 N–H and O–H groups in total. The molecule has 0 aromatic carbocycles. The van der Waals surface area contributed by atoms with Crippen LogP contribution in [0.3, 0.4) is 0 Å². The largest absolute Gasteiger partial charge is 0.393 e. The van der Waals surface area contributed by atoms with Gasteiger partial charge in [0.05, 0.1) is 6.10 Å². The molecule has 2 heteroatoms. The molecule has 1 saturated carbocycles. The molecule has 1 aliphatic carbocycles. The lowest BCUT2D eigenvalue weighted by atomic mass is 10.0. The zero-order chi connectivity index (χ0) is 13.2. The number of rotatable bonds is 9. The molecule has 0 radical (unpaired) electrons. The van der Waals surface area contributed by atoms with Crippen molar-refractivity contribution in [2.75, 3.05) is 0 Å². The summed E-state index contributed by atoms with van der Waals surface area (Å²) in [6.07, 6.45) is 13.4. The number of carbonyl (C=O) groups excluding carboxylic acids is 1. The molecule has 1 fully saturated rings. The predicted octanol–water partition coefficient (Wildman–Crippen LogP) is 4.17. The SMILES string of the molecule is CCCCCCC(O)CCC/C=C1/CCCC1=O. The molecule has 0 heterocycles. The normalized spacial score (nSPS) is 19.7. The summed E-state index contributed by atoms with van der Waals surface area (Å²) in [6, 6.07) is 0. The Bertz CT molecular complexity index is 268. The number of hydrogen-bond donors (Lipinski definition) is 1. The summed E-state index contributed by atoms with van der Waals surface area (Å²) in [7, 11) is 0.